The second-order valence-electron chi connectivity index (χ2n) is 6.41. The highest BCUT2D eigenvalue weighted by atomic mass is 35.5. The van der Waals surface area contributed by atoms with Crippen molar-refractivity contribution >= 4 is 39.3 Å². The van der Waals surface area contributed by atoms with Crippen LogP contribution in [0, 0.1) is 0 Å². The van der Waals surface area contributed by atoms with E-state index in [-0.39, 0.29) is 16.0 Å². The number of thioether (sulfide) groups is 1. The fraction of sp³-hybridized carbons (Fsp3) is 0.0476. The molecule has 0 unspecified atom stereocenters. The predicted molar refractivity (Wildman–Crippen MR) is 120 cm³/mol. The molecular weight excluding hydrogens is 440 g/mol. The van der Waals surface area contributed by atoms with Gasteiger partial charge < -0.3 is 5.73 Å². The fourth-order valence-corrected chi connectivity index (χ4v) is 4.92. The van der Waals surface area contributed by atoms with E-state index in [1.165, 1.54) is 11.8 Å². The molecule has 3 aromatic carbocycles. The monoisotopic (exact) mass is 456 g/mol. The number of nitrogen functional groups attached to an aromatic ring is 1. The maximum atomic E-state index is 13.0. The first-order valence-electron chi connectivity index (χ1n) is 8.94. The summed E-state index contributed by atoms with van der Waals surface area (Å²) in [7, 11) is -3.95. The number of benzene rings is 3. The Morgan fingerprint density at radius 1 is 0.900 bits per heavy atom. The van der Waals surface area contributed by atoms with Gasteiger partial charge in [-0.15, -0.1) is 9.19 Å². The van der Waals surface area contributed by atoms with Gasteiger partial charge in [0.15, 0.2) is 0 Å². The standard InChI is InChI=1S/C21H17ClN4O2S2/c22-18-10-6-15(7-11-18)14-29-21-24-20(23)26(25-21)30(27,28)19-12-8-17(9-13-19)16-4-2-1-3-5-16/h1-13H,14H2,(H2,23,24,25). The zero-order valence-corrected chi connectivity index (χ0v) is 18.0. The summed E-state index contributed by atoms with van der Waals surface area (Å²) in [6, 6.07) is 23.7. The van der Waals surface area contributed by atoms with Crippen molar-refractivity contribution in [3.8, 4) is 11.1 Å². The average Bonchev–Trinajstić information content (AvgIpc) is 3.15. The summed E-state index contributed by atoms with van der Waals surface area (Å²) in [6.45, 7) is 0. The van der Waals surface area contributed by atoms with Gasteiger partial charge in [0.25, 0.3) is 10.0 Å². The summed E-state index contributed by atoms with van der Waals surface area (Å²) < 4.78 is 26.7. The van der Waals surface area contributed by atoms with E-state index in [9.17, 15) is 8.42 Å². The molecule has 2 N–H and O–H groups in total. The van der Waals surface area contributed by atoms with Crippen molar-refractivity contribution in [3.05, 3.63) is 89.4 Å². The predicted octanol–water partition coefficient (Wildman–Crippen LogP) is 4.71. The molecule has 152 valence electrons. The van der Waals surface area contributed by atoms with Crippen molar-refractivity contribution in [2.24, 2.45) is 0 Å². The van der Waals surface area contributed by atoms with Crippen LogP contribution in [-0.2, 0) is 15.8 Å². The first-order valence-corrected chi connectivity index (χ1v) is 11.7. The molecule has 30 heavy (non-hydrogen) atoms. The molecule has 1 aromatic heterocycles. The normalized spacial score (nSPS) is 11.5. The minimum absolute atomic E-state index is 0.0908. The maximum Gasteiger partial charge on any atom is 0.286 e. The SMILES string of the molecule is Nc1nc(SCc2ccc(Cl)cc2)nn1S(=O)(=O)c1ccc(-c2ccccc2)cc1. The Morgan fingerprint density at radius 2 is 1.53 bits per heavy atom. The number of hydrogen-bond donors (Lipinski definition) is 1. The minimum atomic E-state index is -3.95. The summed E-state index contributed by atoms with van der Waals surface area (Å²) in [6.07, 6.45) is 0. The van der Waals surface area contributed by atoms with Gasteiger partial charge in [0.1, 0.15) is 0 Å². The molecule has 0 aliphatic heterocycles. The first-order chi connectivity index (χ1) is 14.4. The summed E-state index contributed by atoms with van der Waals surface area (Å²) in [4.78, 5) is 4.18. The van der Waals surface area contributed by atoms with Crippen LogP contribution in [0.25, 0.3) is 11.1 Å². The molecular formula is C21H17ClN4O2S2. The molecule has 0 amide bonds. The van der Waals surface area contributed by atoms with Gasteiger partial charge in [-0.2, -0.15) is 13.4 Å². The maximum absolute atomic E-state index is 13.0. The van der Waals surface area contributed by atoms with E-state index in [1.54, 1.807) is 36.4 Å². The molecule has 4 aromatic rings. The lowest BCUT2D eigenvalue weighted by Gasteiger charge is -2.06. The first kappa shape index (κ1) is 20.5. The summed E-state index contributed by atoms with van der Waals surface area (Å²) in [5.41, 5.74) is 8.79. The van der Waals surface area contributed by atoms with Crippen LogP contribution in [0.4, 0.5) is 5.95 Å². The molecule has 4 rings (SSSR count). The lowest BCUT2D eigenvalue weighted by Crippen LogP contribution is -2.17. The number of aromatic nitrogens is 3. The topological polar surface area (TPSA) is 90.9 Å². The van der Waals surface area contributed by atoms with E-state index in [0.717, 1.165) is 20.8 Å². The number of halogens is 1. The zero-order valence-electron chi connectivity index (χ0n) is 15.6. The van der Waals surface area contributed by atoms with Gasteiger partial charge in [-0.3, -0.25) is 0 Å². The lowest BCUT2D eigenvalue weighted by molar-refractivity contribution is 0.579. The average molecular weight is 457 g/mol. The minimum Gasteiger partial charge on any atom is -0.367 e. The number of rotatable bonds is 6. The molecule has 0 aliphatic carbocycles. The third-order valence-corrected chi connectivity index (χ3v) is 7.10. The summed E-state index contributed by atoms with van der Waals surface area (Å²) >= 11 is 7.18. The van der Waals surface area contributed by atoms with E-state index in [0.29, 0.717) is 10.8 Å². The molecule has 9 heteroatoms. The highest BCUT2D eigenvalue weighted by Crippen LogP contribution is 2.25. The van der Waals surface area contributed by atoms with Crippen LogP contribution in [0.15, 0.2) is 88.9 Å². The Hall–Kier alpha value is -2.81. The number of nitrogens with two attached hydrogens (primary N) is 1. The van der Waals surface area contributed by atoms with Crippen LogP contribution in [0.3, 0.4) is 0 Å². The smallest absolute Gasteiger partial charge is 0.286 e. The number of anilines is 1. The quantitative estimate of drug-likeness (QED) is 0.422. The van der Waals surface area contributed by atoms with Crippen molar-refractivity contribution in [1.82, 2.24) is 14.2 Å². The van der Waals surface area contributed by atoms with Gasteiger partial charge in [0.05, 0.1) is 4.90 Å². The van der Waals surface area contributed by atoms with Crippen LogP contribution in [-0.4, -0.2) is 22.6 Å². The molecule has 0 spiro atoms. The molecule has 0 saturated heterocycles. The van der Waals surface area contributed by atoms with Crippen LogP contribution in [0.1, 0.15) is 5.56 Å². The highest BCUT2D eigenvalue weighted by Gasteiger charge is 2.23. The molecule has 0 bridgehead atoms. The molecule has 6 nitrogen and oxygen atoms in total. The van der Waals surface area contributed by atoms with E-state index < -0.39 is 10.0 Å². The molecule has 0 atom stereocenters. The van der Waals surface area contributed by atoms with Gasteiger partial charge in [0, 0.05) is 10.8 Å². The third kappa shape index (κ3) is 4.35. The third-order valence-electron chi connectivity index (χ3n) is 4.35. The van der Waals surface area contributed by atoms with Crippen molar-refractivity contribution < 1.29 is 8.42 Å². The molecule has 0 fully saturated rings. The second kappa shape index (κ2) is 8.51. The highest BCUT2D eigenvalue weighted by molar-refractivity contribution is 7.98. The summed E-state index contributed by atoms with van der Waals surface area (Å²) in [5, 5.41) is 5.04. The largest absolute Gasteiger partial charge is 0.367 e. The Bertz CT molecular complexity index is 1260. The van der Waals surface area contributed by atoms with E-state index in [1.807, 2.05) is 42.5 Å². The van der Waals surface area contributed by atoms with E-state index in [4.69, 9.17) is 17.3 Å². The Labute approximate surface area is 183 Å². The van der Waals surface area contributed by atoms with E-state index in [2.05, 4.69) is 10.1 Å². The molecule has 0 radical (unpaired) electrons. The Balaban J connectivity index is 1.54. The Morgan fingerprint density at radius 3 is 2.20 bits per heavy atom. The Kier molecular flexibility index (Phi) is 5.80. The van der Waals surface area contributed by atoms with Crippen LogP contribution in [0.5, 0.6) is 0 Å². The summed E-state index contributed by atoms with van der Waals surface area (Å²) in [5.74, 6) is 0.382. The van der Waals surface area contributed by atoms with Crippen molar-refractivity contribution in [1.29, 1.82) is 0 Å². The van der Waals surface area contributed by atoms with Crippen LogP contribution in [0.2, 0.25) is 5.02 Å². The van der Waals surface area contributed by atoms with Gasteiger partial charge in [0.2, 0.25) is 11.1 Å². The van der Waals surface area contributed by atoms with Crippen LogP contribution < -0.4 is 5.73 Å². The van der Waals surface area contributed by atoms with Gasteiger partial charge in [-0.05, 0) is 41.0 Å². The van der Waals surface area contributed by atoms with Gasteiger partial charge >= 0.3 is 0 Å². The molecule has 0 saturated carbocycles. The van der Waals surface area contributed by atoms with Gasteiger partial charge in [-0.1, -0.05) is 78.0 Å². The second-order valence-corrected chi connectivity index (χ2v) is 9.55. The molecule has 0 aliphatic rings. The van der Waals surface area contributed by atoms with Crippen molar-refractivity contribution in [3.63, 3.8) is 0 Å². The number of hydrogen-bond acceptors (Lipinski definition) is 6. The van der Waals surface area contributed by atoms with E-state index >= 15 is 0 Å². The van der Waals surface area contributed by atoms with Gasteiger partial charge in [-0.25, -0.2) is 0 Å². The zero-order chi connectivity index (χ0) is 21.1. The lowest BCUT2D eigenvalue weighted by atomic mass is 10.1. The van der Waals surface area contributed by atoms with Crippen molar-refractivity contribution in [2.75, 3.05) is 5.73 Å². The fourth-order valence-electron chi connectivity index (χ4n) is 2.81. The van der Waals surface area contributed by atoms with Crippen LogP contribution >= 0.6 is 23.4 Å². The molecule has 1 heterocycles. The van der Waals surface area contributed by atoms with Crippen molar-refractivity contribution in [2.45, 2.75) is 15.8 Å². The number of nitrogens with zero attached hydrogens (tertiary/aromatic N) is 3.